The van der Waals surface area contributed by atoms with Gasteiger partial charge < -0.3 is 15.1 Å². The zero-order valence-corrected chi connectivity index (χ0v) is 18.2. The fourth-order valence-electron chi connectivity index (χ4n) is 3.00. The predicted octanol–water partition coefficient (Wildman–Crippen LogP) is 2.74. The van der Waals surface area contributed by atoms with Gasteiger partial charge in [0.2, 0.25) is 11.8 Å². The molecule has 2 aromatic rings. The average Bonchev–Trinajstić information content (AvgIpc) is 2.76. The van der Waals surface area contributed by atoms with Crippen molar-refractivity contribution in [3.63, 3.8) is 0 Å². The van der Waals surface area contributed by atoms with Gasteiger partial charge in [0.1, 0.15) is 16.8 Å². The molecule has 1 aliphatic rings. The minimum atomic E-state index is -0.312. The van der Waals surface area contributed by atoms with E-state index in [1.165, 1.54) is 23.9 Å². The number of carbonyl (C=O) groups is 2. The molecule has 1 aromatic heterocycles. The van der Waals surface area contributed by atoms with Crippen LogP contribution in [-0.4, -0.2) is 58.6 Å². The van der Waals surface area contributed by atoms with Crippen molar-refractivity contribution in [2.24, 2.45) is 0 Å². The molecule has 10 heteroatoms. The Bertz CT molecular complexity index is 891. The van der Waals surface area contributed by atoms with E-state index in [0.29, 0.717) is 55.3 Å². The Morgan fingerprint density at radius 3 is 2.53 bits per heavy atom. The van der Waals surface area contributed by atoms with Gasteiger partial charge in [0.25, 0.3) is 0 Å². The Labute approximate surface area is 184 Å². The van der Waals surface area contributed by atoms with Crippen molar-refractivity contribution >= 4 is 41.0 Å². The van der Waals surface area contributed by atoms with Gasteiger partial charge in [0.05, 0.1) is 5.75 Å². The monoisotopic (exact) mass is 451 g/mol. The number of piperazine rings is 1. The summed E-state index contributed by atoms with van der Waals surface area (Å²) >= 11 is 7.35. The number of nitrogens with zero attached hydrogens (tertiary/aromatic N) is 4. The average molecular weight is 452 g/mol. The number of aromatic nitrogens is 2. The Kier molecular flexibility index (Phi) is 7.87. The number of thioether (sulfide) groups is 1. The molecule has 0 spiro atoms. The van der Waals surface area contributed by atoms with Crippen LogP contribution < -0.4 is 10.2 Å². The summed E-state index contributed by atoms with van der Waals surface area (Å²) in [5.74, 6) is 0.486. The van der Waals surface area contributed by atoms with E-state index in [1.807, 2.05) is 11.8 Å². The number of carbonyl (C=O) groups excluding carboxylic acids is 2. The van der Waals surface area contributed by atoms with E-state index in [-0.39, 0.29) is 23.4 Å². The van der Waals surface area contributed by atoms with Crippen LogP contribution in [0.25, 0.3) is 0 Å². The molecule has 0 unspecified atom stereocenters. The van der Waals surface area contributed by atoms with Crippen molar-refractivity contribution in [3.05, 3.63) is 46.9 Å². The van der Waals surface area contributed by atoms with E-state index in [2.05, 4.69) is 20.2 Å². The van der Waals surface area contributed by atoms with Gasteiger partial charge in [-0.05, 0) is 17.7 Å². The molecule has 0 saturated carbocycles. The summed E-state index contributed by atoms with van der Waals surface area (Å²) in [7, 11) is 0. The van der Waals surface area contributed by atoms with Gasteiger partial charge in [0, 0.05) is 45.2 Å². The third-order valence-corrected chi connectivity index (χ3v) is 5.70. The minimum Gasteiger partial charge on any atom is -0.353 e. The first-order chi connectivity index (χ1) is 14.4. The molecule has 0 aliphatic carbocycles. The molecule has 1 aliphatic heterocycles. The number of nitrogens with one attached hydrogen (secondary N) is 1. The molecule has 1 aromatic carbocycles. The maximum atomic E-state index is 12.9. The van der Waals surface area contributed by atoms with Gasteiger partial charge in [0.15, 0.2) is 5.16 Å². The lowest BCUT2D eigenvalue weighted by molar-refractivity contribution is -0.131. The van der Waals surface area contributed by atoms with Crippen LogP contribution in [0.1, 0.15) is 18.9 Å². The van der Waals surface area contributed by atoms with Crippen LogP contribution in [0.4, 0.5) is 10.2 Å². The van der Waals surface area contributed by atoms with Crippen LogP contribution in [-0.2, 0) is 16.1 Å². The van der Waals surface area contributed by atoms with Crippen LogP contribution >= 0.6 is 23.4 Å². The lowest BCUT2D eigenvalue weighted by Crippen LogP contribution is -2.48. The molecule has 1 saturated heterocycles. The highest BCUT2D eigenvalue weighted by Gasteiger charge is 2.21. The number of benzene rings is 1. The fraction of sp³-hybridized carbons (Fsp3) is 0.400. The molecule has 1 N–H and O–H groups in total. The van der Waals surface area contributed by atoms with Crippen LogP contribution in [0.2, 0.25) is 5.15 Å². The van der Waals surface area contributed by atoms with Gasteiger partial charge in [-0.3, -0.25) is 9.59 Å². The number of rotatable bonds is 7. The van der Waals surface area contributed by atoms with E-state index in [9.17, 15) is 14.0 Å². The summed E-state index contributed by atoms with van der Waals surface area (Å²) in [6.07, 6.45) is 0.503. The second-order valence-corrected chi connectivity index (χ2v) is 8.07. The molecule has 0 bridgehead atoms. The van der Waals surface area contributed by atoms with E-state index >= 15 is 0 Å². The maximum Gasteiger partial charge on any atom is 0.230 e. The van der Waals surface area contributed by atoms with Crippen molar-refractivity contribution in [1.82, 2.24) is 20.2 Å². The van der Waals surface area contributed by atoms with Crippen molar-refractivity contribution < 1.29 is 14.0 Å². The lowest BCUT2D eigenvalue weighted by Gasteiger charge is -2.35. The molecule has 1 fully saturated rings. The van der Waals surface area contributed by atoms with Crippen LogP contribution in [0.15, 0.2) is 35.5 Å². The highest BCUT2D eigenvalue weighted by atomic mass is 35.5. The zero-order chi connectivity index (χ0) is 21.5. The maximum absolute atomic E-state index is 12.9. The van der Waals surface area contributed by atoms with E-state index in [1.54, 1.807) is 18.2 Å². The highest BCUT2D eigenvalue weighted by Crippen LogP contribution is 2.23. The minimum absolute atomic E-state index is 0.139. The molecule has 30 heavy (non-hydrogen) atoms. The van der Waals surface area contributed by atoms with Crippen LogP contribution in [0.5, 0.6) is 0 Å². The standard InChI is InChI=1S/C20H23ClFN5O2S/c1-2-19(29)27-9-7-26(8-10-27)17-11-16(21)24-20(25-17)30-13-18(28)23-12-14-3-5-15(22)6-4-14/h3-6,11H,2,7-10,12-13H2,1H3,(H,23,28). The Morgan fingerprint density at radius 1 is 1.17 bits per heavy atom. The van der Waals surface area contributed by atoms with E-state index in [0.717, 1.165) is 5.56 Å². The zero-order valence-electron chi connectivity index (χ0n) is 16.6. The van der Waals surface area contributed by atoms with E-state index < -0.39 is 0 Å². The van der Waals surface area contributed by atoms with Crippen molar-refractivity contribution in [3.8, 4) is 0 Å². The van der Waals surface area contributed by atoms with Crippen LogP contribution in [0, 0.1) is 5.82 Å². The van der Waals surface area contributed by atoms with E-state index in [4.69, 9.17) is 11.6 Å². The molecule has 7 nitrogen and oxygen atoms in total. The fourth-order valence-corrected chi connectivity index (χ4v) is 3.92. The summed E-state index contributed by atoms with van der Waals surface area (Å²) in [6, 6.07) is 7.66. The first-order valence-electron chi connectivity index (χ1n) is 9.66. The Balaban J connectivity index is 1.52. The van der Waals surface area contributed by atoms with Crippen molar-refractivity contribution in [1.29, 1.82) is 0 Å². The number of anilines is 1. The second kappa shape index (κ2) is 10.6. The van der Waals surface area contributed by atoms with Crippen LogP contribution in [0.3, 0.4) is 0 Å². The van der Waals surface area contributed by atoms with Gasteiger partial charge in [-0.25, -0.2) is 14.4 Å². The number of amides is 2. The summed E-state index contributed by atoms with van der Waals surface area (Å²) in [5, 5.41) is 3.51. The third-order valence-electron chi connectivity index (χ3n) is 4.65. The van der Waals surface area contributed by atoms with Crippen molar-refractivity contribution in [2.75, 3.05) is 36.8 Å². The SMILES string of the molecule is CCC(=O)N1CCN(c2cc(Cl)nc(SCC(=O)NCc3ccc(F)cc3)n2)CC1. The molecule has 0 atom stereocenters. The molecule has 3 rings (SSSR count). The lowest BCUT2D eigenvalue weighted by atomic mass is 10.2. The van der Waals surface area contributed by atoms with Gasteiger partial charge in [-0.2, -0.15) is 0 Å². The first kappa shape index (κ1) is 22.3. The molecule has 2 heterocycles. The number of hydrogen-bond donors (Lipinski definition) is 1. The smallest absolute Gasteiger partial charge is 0.230 e. The third kappa shape index (κ3) is 6.30. The first-order valence-corrected chi connectivity index (χ1v) is 11.0. The summed E-state index contributed by atoms with van der Waals surface area (Å²) in [4.78, 5) is 36.6. The number of hydrogen-bond acceptors (Lipinski definition) is 6. The van der Waals surface area contributed by atoms with Crippen molar-refractivity contribution in [2.45, 2.75) is 25.0 Å². The number of halogens is 2. The molecule has 160 valence electrons. The topological polar surface area (TPSA) is 78.4 Å². The highest BCUT2D eigenvalue weighted by molar-refractivity contribution is 7.99. The Morgan fingerprint density at radius 2 is 1.87 bits per heavy atom. The quantitative estimate of drug-likeness (QED) is 0.396. The summed E-state index contributed by atoms with van der Waals surface area (Å²) in [6.45, 7) is 4.80. The largest absolute Gasteiger partial charge is 0.353 e. The van der Waals surface area contributed by atoms with Gasteiger partial charge in [-0.15, -0.1) is 0 Å². The molecular formula is C20H23ClFN5O2S. The summed E-state index contributed by atoms with van der Waals surface area (Å²) < 4.78 is 12.9. The molecule has 2 amide bonds. The predicted molar refractivity (Wildman–Crippen MR) is 115 cm³/mol. The summed E-state index contributed by atoms with van der Waals surface area (Å²) in [5.41, 5.74) is 0.816. The van der Waals surface area contributed by atoms with Gasteiger partial charge >= 0.3 is 0 Å². The normalized spacial score (nSPS) is 14.0. The molecular weight excluding hydrogens is 429 g/mol. The Hall–Kier alpha value is -2.39. The molecule has 0 radical (unpaired) electrons. The second-order valence-electron chi connectivity index (χ2n) is 6.74. The van der Waals surface area contributed by atoms with Gasteiger partial charge in [-0.1, -0.05) is 42.4 Å².